The molecule has 0 amide bonds. The zero-order valence-corrected chi connectivity index (χ0v) is 9.10. The fourth-order valence-electron chi connectivity index (χ4n) is 1.50. The number of furan rings is 1. The van der Waals surface area contributed by atoms with E-state index in [1.807, 2.05) is 18.3 Å². The van der Waals surface area contributed by atoms with Crippen molar-refractivity contribution in [1.29, 1.82) is 0 Å². The van der Waals surface area contributed by atoms with E-state index in [-0.39, 0.29) is 0 Å². The molecule has 2 heterocycles. The molecular weight excluding hydrogens is 186 g/mol. The first kappa shape index (κ1) is 9.97. The number of hydrogen-bond donors (Lipinski definition) is 0. The highest BCUT2D eigenvalue weighted by Crippen LogP contribution is 2.13. The van der Waals surface area contributed by atoms with Crippen LogP contribution in [0.25, 0.3) is 0 Å². The topological polar surface area (TPSA) is 26.0 Å². The molecule has 0 N–H and O–H groups in total. The summed E-state index contributed by atoms with van der Waals surface area (Å²) in [5.41, 5.74) is 2.33. The third-order valence-corrected chi connectivity index (χ3v) is 2.40. The van der Waals surface area contributed by atoms with Crippen molar-refractivity contribution in [1.82, 2.24) is 4.98 Å². The molecule has 2 aromatic heterocycles. The molecule has 0 fully saturated rings. The van der Waals surface area contributed by atoms with Gasteiger partial charge in [0.25, 0.3) is 0 Å². The summed E-state index contributed by atoms with van der Waals surface area (Å²) in [6, 6.07) is 8.09. The molecule has 0 radical (unpaired) electrons. The van der Waals surface area contributed by atoms with E-state index >= 15 is 0 Å². The van der Waals surface area contributed by atoms with E-state index < -0.39 is 0 Å². The number of rotatable bonds is 3. The van der Waals surface area contributed by atoms with Crippen LogP contribution in [-0.4, -0.2) is 4.98 Å². The van der Waals surface area contributed by atoms with E-state index in [1.54, 1.807) is 6.26 Å². The van der Waals surface area contributed by atoms with Crippen LogP contribution in [0.15, 0.2) is 41.1 Å². The summed E-state index contributed by atoms with van der Waals surface area (Å²) < 4.78 is 5.29. The fourth-order valence-corrected chi connectivity index (χ4v) is 1.50. The number of pyridine rings is 1. The molecule has 78 valence electrons. The number of aromatic nitrogens is 1. The molecule has 2 rings (SSSR count). The zero-order chi connectivity index (χ0) is 10.7. The molecule has 0 atom stereocenters. The smallest absolute Gasteiger partial charge is 0.108 e. The second kappa shape index (κ2) is 4.30. The molecule has 0 aromatic carbocycles. The average molecular weight is 201 g/mol. The summed E-state index contributed by atoms with van der Waals surface area (Å²) in [6.07, 6.45) is 4.45. The molecule has 0 saturated heterocycles. The largest absolute Gasteiger partial charge is 0.469 e. The fraction of sp³-hybridized carbons (Fsp3) is 0.308. The summed E-state index contributed by atoms with van der Waals surface area (Å²) in [4.78, 5) is 4.42. The van der Waals surface area contributed by atoms with Gasteiger partial charge in [0.15, 0.2) is 0 Å². The van der Waals surface area contributed by atoms with E-state index in [4.69, 9.17) is 4.42 Å². The Labute approximate surface area is 90.0 Å². The lowest BCUT2D eigenvalue weighted by Crippen LogP contribution is -1.94. The number of nitrogens with zero attached hydrogens (tertiary/aromatic N) is 1. The van der Waals surface area contributed by atoms with Gasteiger partial charge in [0, 0.05) is 18.3 Å². The molecule has 2 aromatic rings. The third-order valence-electron chi connectivity index (χ3n) is 2.40. The molecule has 0 aliphatic carbocycles. The summed E-state index contributed by atoms with van der Waals surface area (Å²) in [6.45, 7) is 4.29. The van der Waals surface area contributed by atoms with Crippen molar-refractivity contribution in [3.63, 3.8) is 0 Å². The predicted molar refractivity (Wildman–Crippen MR) is 59.8 cm³/mol. The molecule has 2 heteroatoms. The first-order valence-electron chi connectivity index (χ1n) is 5.23. The van der Waals surface area contributed by atoms with Crippen molar-refractivity contribution in [3.8, 4) is 0 Å². The minimum absolute atomic E-state index is 0.489. The maximum Gasteiger partial charge on any atom is 0.108 e. The van der Waals surface area contributed by atoms with Crippen LogP contribution < -0.4 is 0 Å². The monoisotopic (exact) mass is 201 g/mol. The normalized spacial score (nSPS) is 10.9. The maximum absolute atomic E-state index is 5.29. The Morgan fingerprint density at radius 3 is 2.67 bits per heavy atom. The SMILES string of the molecule is CC(C)c1ccc(Cc2ccco2)cn1. The van der Waals surface area contributed by atoms with Crippen LogP contribution in [0.4, 0.5) is 0 Å². The maximum atomic E-state index is 5.29. The first-order valence-corrected chi connectivity index (χ1v) is 5.23. The van der Waals surface area contributed by atoms with Gasteiger partial charge in [-0.3, -0.25) is 4.98 Å². The third kappa shape index (κ3) is 2.46. The molecular formula is C13H15NO. The van der Waals surface area contributed by atoms with Gasteiger partial charge in [-0.15, -0.1) is 0 Å². The van der Waals surface area contributed by atoms with Crippen molar-refractivity contribution >= 4 is 0 Å². The predicted octanol–water partition coefficient (Wildman–Crippen LogP) is 3.39. The van der Waals surface area contributed by atoms with Crippen molar-refractivity contribution in [3.05, 3.63) is 53.7 Å². The van der Waals surface area contributed by atoms with Gasteiger partial charge < -0.3 is 4.42 Å². The van der Waals surface area contributed by atoms with Crippen LogP contribution in [-0.2, 0) is 6.42 Å². The molecule has 0 aliphatic heterocycles. The van der Waals surface area contributed by atoms with Crippen molar-refractivity contribution in [2.75, 3.05) is 0 Å². The summed E-state index contributed by atoms with van der Waals surface area (Å²) >= 11 is 0. The van der Waals surface area contributed by atoms with Gasteiger partial charge in [-0.2, -0.15) is 0 Å². The molecule has 2 nitrogen and oxygen atoms in total. The summed E-state index contributed by atoms with van der Waals surface area (Å²) in [5, 5.41) is 0. The Balaban J connectivity index is 2.11. The molecule has 0 bridgehead atoms. The highest BCUT2D eigenvalue weighted by Gasteiger charge is 2.02. The second-order valence-electron chi connectivity index (χ2n) is 4.00. The number of hydrogen-bond acceptors (Lipinski definition) is 2. The highest BCUT2D eigenvalue weighted by atomic mass is 16.3. The minimum Gasteiger partial charge on any atom is -0.469 e. The Hall–Kier alpha value is -1.57. The quantitative estimate of drug-likeness (QED) is 0.760. The van der Waals surface area contributed by atoms with Gasteiger partial charge in [0.2, 0.25) is 0 Å². The van der Waals surface area contributed by atoms with Crippen molar-refractivity contribution in [2.45, 2.75) is 26.2 Å². The first-order chi connectivity index (χ1) is 7.25. The van der Waals surface area contributed by atoms with E-state index in [0.29, 0.717) is 5.92 Å². The minimum atomic E-state index is 0.489. The van der Waals surface area contributed by atoms with Gasteiger partial charge in [-0.25, -0.2) is 0 Å². The zero-order valence-electron chi connectivity index (χ0n) is 9.10. The van der Waals surface area contributed by atoms with Crippen LogP contribution in [0.5, 0.6) is 0 Å². The average Bonchev–Trinajstić information content (AvgIpc) is 2.71. The summed E-state index contributed by atoms with van der Waals surface area (Å²) in [5.74, 6) is 1.47. The van der Waals surface area contributed by atoms with E-state index in [1.165, 1.54) is 5.56 Å². The Morgan fingerprint density at radius 2 is 2.13 bits per heavy atom. The Kier molecular flexibility index (Phi) is 2.86. The van der Waals surface area contributed by atoms with Gasteiger partial charge in [0.05, 0.1) is 6.26 Å². The van der Waals surface area contributed by atoms with Crippen LogP contribution in [0.2, 0.25) is 0 Å². The van der Waals surface area contributed by atoms with Gasteiger partial charge >= 0.3 is 0 Å². The lowest BCUT2D eigenvalue weighted by molar-refractivity contribution is 0.520. The lowest BCUT2D eigenvalue weighted by atomic mass is 10.1. The standard InChI is InChI=1S/C13H15NO/c1-10(2)13-6-5-11(9-14-13)8-12-4-3-7-15-12/h3-7,9-10H,8H2,1-2H3. The molecule has 0 spiro atoms. The molecule has 15 heavy (non-hydrogen) atoms. The van der Waals surface area contributed by atoms with Gasteiger partial charge in [0.1, 0.15) is 5.76 Å². The van der Waals surface area contributed by atoms with Crippen LogP contribution in [0.1, 0.15) is 36.8 Å². The van der Waals surface area contributed by atoms with E-state index in [0.717, 1.165) is 17.9 Å². The van der Waals surface area contributed by atoms with Crippen LogP contribution in [0.3, 0.4) is 0 Å². The van der Waals surface area contributed by atoms with Crippen molar-refractivity contribution < 1.29 is 4.42 Å². The van der Waals surface area contributed by atoms with Crippen LogP contribution >= 0.6 is 0 Å². The van der Waals surface area contributed by atoms with E-state index in [9.17, 15) is 0 Å². The Bertz CT molecular complexity index is 401. The van der Waals surface area contributed by atoms with Crippen molar-refractivity contribution in [2.24, 2.45) is 0 Å². The lowest BCUT2D eigenvalue weighted by Gasteiger charge is -2.04. The van der Waals surface area contributed by atoms with E-state index in [2.05, 4.69) is 31.0 Å². The second-order valence-corrected chi connectivity index (χ2v) is 4.00. The molecule has 0 saturated carbocycles. The summed E-state index contributed by atoms with van der Waals surface area (Å²) in [7, 11) is 0. The highest BCUT2D eigenvalue weighted by molar-refractivity contribution is 5.20. The van der Waals surface area contributed by atoms with Gasteiger partial charge in [-0.05, 0) is 29.7 Å². The van der Waals surface area contributed by atoms with Gasteiger partial charge in [-0.1, -0.05) is 19.9 Å². The van der Waals surface area contributed by atoms with Crippen LogP contribution in [0, 0.1) is 0 Å². The Morgan fingerprint density at radius 1 is 1.27 bits per heavy atom. The molecule has 0 aliphatic rings. The molecule has 0 unspecified atom stereocenters.